The molecule has 0 aliphatic heterocycles. The molecule has 0 saturated heterocycles. The Morgan fingerprint density at radius 3 is 2.71 bits per heavy atom. The zero-order valence-electron chi connectivity index (χ0n) is 8.34. The van der Waals surface area contributed by atoms with Crippen molar-refractivity contribution in [3.05, 3.63) is 35.1 Å². The van der Waals surface area contributed by atoms with Gasteiger partial charge in [0, 0.05) is 19.2 Å². The molecule has 3 nitrogen and oxygen atoms in total. The van der Waals surface area contributed by atoms with E-state index in [1.165, 1.54) is 13.2 Å². The first kappa shape index (κ1) is 11.1. The number of rotatable bonds is 5. The Hall–Kier alpha value is -0.970. The predicted octanol–water partition coefficient (Wildman–Crippen LogP) is 1.62. The smallest absolute Gasteiger partial charge is 0.129 e. The van der Waals surface area contributed by atoms with E-state index in [1.807, 2.05) is 6.07 Å². The molecule has 78 valence electrons. The first-order valence-corrected chi connectivity index (χ1v) is 4.30. The lowest BCUT2D eigenvalue weighted by Gasteiger charge is -2.05. The highest BCUT2D eigenvalue weighted by Gasteiger charge is 2.02. The lowest BCUT2D eigenvalue weighted by molar-refractivity contribution is 0.0866. The molecule has 0 saturated carbocycles. The number of ether oxygens (including phenoxy) is 1. The third kappa shape index (κ3) is 3.06. The van der Waals surface area contributed by atoms with Crippen LogP contribution >= 0.6 is 0 Å². The molecule has 0 unspecified atom stereocenters. The minimum Gasteiger partial charge on any atom is -0.380 e. The number of hydrogen-bond acceptors (Lipinski definition) is 3. The van der Waals surface area contributed by atoms with Gasteiger partial charge in [-0.1, -0.05) is 12.1 Å². The Morgan fingerprint density at radius 1 is 1.36 bits per heavy atom. The monoisotopic (exact) mass is 199 g/mol. The van der Waals surface area contributed by atoms with Gasteiger partial charge in [-0.15, -0.1) is 0 Å². The van der Waals surface area contributed by atoms with Crippen molar-refractivity contribution in [2.45, 2.75) is 13.2 Å². The maximum atomic E-state index is 13.3. The molecule has 0 spiro atoms. The van der Waals surface area contributed by atoms with Crippen molar-refractivity contribution in [1.29, 1.82) is 0 Å². The lowest BCUT2D eigenvalue weighted by atomic mass is 10.1. The molecule has 0 aliphatic carbocycles. The molecule has 1 aromatic rings. The summed E-state index contributed by atoms with van der Waals surface area (Å²) in [5, 5.41) is 0. The first-order chi connectivity index (χ1) is 6.77. The van der Waals surface area contributed by atoms with Gasteiger partial charge >= 0.3 is 0 Å². The van der Waals surface area contributed by atoms with Crippen LogP contribution in [0.2, 0.25) is 0 Å². The van der Waals surface area contributed by atoms with Gasteiger partial charge < -0.3 is 9.57 Å². The first-order valence-electron chi connectivity index (χ1n) is 4.30. The summed E-state index contributed by atoms with van der Waals surface area (Å²) in [7, 11) is 3.06. The topological polar surface area (TPSA) is 30.5 Å². The molecule has 1 N–H and O–H groups in total. The molecule has 0 atom stereocenters. The highest BCUT2D eigenvalue weighted by Crippen LogP contribution is 2.11. The van der Waals surface area contributed by atoms with Gasteiger partial charge in [0.05, 0.1) is 13.7 Å². The van der Waals surface area contributed by atoms with Gasteiger partial charge in [0.2, 0.25) is 0 Å². The van der Waals surface area contributed by atoms with E-state index in [0.717, 1.165) is 5.56 Å². The molecule has 1 rings (SSSR count). The summed E-state index contributed by atoms with van der Waals surface area (Å²) < 4.78 is 18.2. The molecule has 4 heteroatoms. The Morgan fingerprint density at radius 2 is 2.14 bits per heavy atom. The molecule has 0 heterocycles. The van der Waals surface area contributed by atoms with Crippen LogP contribution in [0.3, 0.4) is 0 Å². The summed E-state index contributed by atoms with van der Waals surface area (Å²) in [5.41, 5.74) is 4.05. The van der Waals surface area contributed by atoms with Crippen molar-refractivity contribution in [2.75, 3.05) is 14.2 Å². The molecule has 0 amide bonds. The maximum Gasteiger partial charge on any atom is 0.129 e. The summed E-state index contributed by atoms with van der Waals surface area (Å²) in [6.45, 7) is 0.782. The predicted molar refractivity (Wildman–Crippen MR) is 51.0 cm³/mol. The van der Waals surface area contributed by atoms with Gasteiger partial charge in [-0.2, -0.15) is 5.48 Å². The third-order valence-electron chi connectivity index (χ3n) is 1.84. The SMILES string of the molecule is COCc1ccc(CNOC)cc1F. The second-order valence-electron chi connectivity index (χ2n) is 2.88. The second kappa shape index (κ2) is 5.70. The standard InChI is InChI=1S/C10H14FNO2/c1-13-7-9-4-3-8(5-10(9)11)6-12-14-2/h3-5,12H,6-7H2,1-2H3. The van der Waals surface area contributed by atoms with E-state index in [1.54, 1.807) is 13.2 Å². The minimum atomic E-state index is -0.248. The van der Waals surface area contributed by atoms with E-state index in [-0.39, 0.29) is 5.82 Å². The Labute approximate surface area is 82.8 Å². The summed E-state index contributed by atoms with van der Waals surface area (Å²) >= 11 is 0. The zero-order valence-corrected chi connectivity index (χ0v) is 8.34. The van der Waals surface area contributed by atoms with Gasteiger partial charge in [0.15, 0.2) is 0 Å². The molecule has 0 aliphatic rings. The van der Waals surface area contributed by atoms with E-state index in [0.29, 0.717) is 18.7 Å². The largest absolute Gasteiger partial charge is 0.380 e. The van der Waals surface area contributed by atoms with Crippen LogP contribution in [0.15, 0.2) is 18.2 Å². The second-order valence-corrected chi connectivity index (χ2v) is 2.88. The van der Waals surface area contributed by atoms with Gasteiger partial charge in [-0.3, -0.25) is 0 Å². The van der Waals surface area contributed by atoms with E-state index < -0.39 is 0 Å². The third-order valence-corrected chi connectivity index (χ3v) is 1.84. The van der Waals surface area contributed by atoms with Crippen molar-refractivity contribution in [1.82, 2.24) is 5.48 Å². The summed E-state index contributed by atoms with van der Waals surface area (Å²) in [5.74, 6) is -0.248. The van der Waals surface area contributed by atoms with Crippen molar-refractivity contribution in [3.8, 4) is 0 Å². The summed E-state index contributed by atoms with van der Waals surface area (Å²) in [6.07, 6.45) is 0. The van der Waals surface area contributed by atoms with Crippen LogP contribution in [0, 0.1) is 5.82 Å². The molecule has 0 aromatic heterocycles. The fraction of sp³-hybridized carbons (Fsp3) is 0.400. The highest BCUT2D eigenvalue weighted by atomic mass is 19.1. The van der Waals surface area contributed by atoms with Crippen LogP contribution in [0.5, 0.6) is 0 Å². The van der Waals surface area contributed by atoms with Crippen LogP contribution in [0.4, 0.5) is 4.39 Å². The lowest BCUT2D eigenvalue weighted by Crippen LogP contribution is -2.11. The minimum absolute atomic E-state index is 0.248. The van der Waals surface area contributed by atoms with Crippen LogP contribution in [-0.2, 0) is 22.7 Å². The van der Waals surface area contributed by atoms with Crippen LogP contribution < -0.4 is 5.48 Å². The van der Waals surface area contributed by atoms with Crippen molar-refractivity contribution in [2.24, 2.45) is 0 Å². The van der Waals surface area contributed by atoms with Crippen LogP contribution in [0.25, 0.3) is 0 Å². The van der Waals surface area contributed by atoms with Gasteiger partial charge in [0.25, 0.3) is 0 Å². The number of nitrogens with one attached hydrogen (secondary N) is 1. The number of hydrogen-bond donors (Lipinski definition) is 1. The molecule has 0 bridgehead atoms. The van der Waals surface area contributed by atoms with Gasteiger partial charge in [-0.25, -0.2) is 4.39 Å². The Balaban J connectivity index is 2.68. The van der Waals surface area contributed by atoms with Crippen molar-refractivity contribution < 1.29 is 14.0 Å². The average Bonchev–Trinajstić information content (AvgIpc) is 2.19. The fourth-order valence-electron chi connectivity index (χ4n) is 1.13. The molecule has 0 radical (unpaired) electrons. The number of halogens is 1. The molecule has 1 aromatic carbocycles. The average molecular weight is 199 g/mol. The number of benzene rings is 1. The van der Waals surface area contributed by atoms with Gasteiger partial charge in [-0.05, 0) is 11.6 Å². The Kier molecular flexibility index (Phi) is 4.52. The number of methoxy groups -OCH3 is 1. The van der Waals surface area contributed by atoms with Crippen LogP contribution in [0.1, 0.15) is 11.1 Å². The highest BCUT2D eigenvalue weighted by molar-refractivity contribution is 5.23. The van der Waals surface area contributed by atoms with E-state index in [2.05, 4.69) is 10.3 Å². The van der Waals surface area contributed by atoms with Crippen molar-refractivity contribution >= 4 is 0 Å². The van der Waals surface area contributed by atoms with E-state index in [9.17, 15) is 4.39 Å². The molecule has 14 heavy (non-hydrogen) atoms. The van der Waals surface area contributed by atoms with Crippen molar-refractivity contribution in [3.63, 3.8) is 0 Å². The van der Waals surface area contributed by atoms with E-state index in [4.69, 9.17) is 4.74 Å². The summed E-state index contributed by atoms with van der Waals surface area (Å²) in [6, 6.07) is 5.02. The van der Waals surface area contributed by atoms with Crippen LogP contribution in [-0.4, -0.2) is 14.2 Å². The zero-order chi connectivity index (χ0) is 10.4. The summed E-state index contributed by atoms with van der Waals surface area (Å²) in [4.78, 5) is 4.67. The Bertz CT molecular complexity index is 291. The maximum absolute atomic E-state index is 13.3. The number of hydroxylamine groups is 1. The van der Waals surface area contributed by atoms with E-state index >= 15 is 0 Å². The normalized spacial score (nSPS) is 10.5. The molecule has 0 fully saturated rings. The van der Waals surface area contributed by atoms with Gasteiger partial charge in [0.1, 0.15) is 5.82 Å². The quantitative estimate of drug-likeness (QED) is 0.731. The molecular weight excluding hydrogens is 185 g/mol. The molecular formula is C10H14FNO2. The fourth-order valence-corrected chi connectivity index (χ4v) is 1.13.